The fourth-order valence-electron chi connectivity index (χ4n) is 1.87. The second-order valence-corrected chi connectivity index (χ2v) is 5.59. The van der Waals surface area contributed by atoms with Gasteiger partial charge < -0.3 is 10.1 Å². The summed E-state index contributed by atoms with van der Waals surface area (Å²) < 4.78 is 5.35. The molecule has 0 saturated carbocycles. The van der Waals surface area contributed by atoms with Crippen molar-refractivity contribution in [3.63, 3.8) is 0 Å². The number of methoxy groups -OCH3 is 1. The Labute approximate surface area is 112 Å². The molecule has 0 radical (unpaired) electrons. The van der Waals surface area contributed by atoms with Gasteiger partial charge in [-0.05, 0) is 38.5 Å². The van der Waals surface area contributed by atoms with Crippen LogP contribution >= 0.6 is 11.3 Å². The maximum atomic E-state index is 5.35. The van der Waals surface area contributed by atoms with Gasteiger partial charge >= 0.3 is 0 Å². The van der Waals surface area contributed by atoms with E-state index in [9.17, 15) is 0 Å². The number of anilines is 1. The second kappa shape index (κ2) is 5.40. The Bertz CT molecular complexity index is 549. The number of thiazole rings is 1. The van der Waals surface area contributed by atoms with Gasteiger partial charge in [0.15, 0.2) is 0 Å². The van der Waals surface area contributed by atoms with Crippen molar-refractivity contribution in [2.75, 3.05) is 12.4 Å². The summed E-state index contributed by atoms with van der Waals surface area (Å²) in [5.41, 5.74) is 3.36. The van der Waals surface area contributed by atoms with Crippen molar-refractivity contribution in [2.45, 2.75) is 27.3 Å². The van der Waals surface area contributed by atoms with Gasteiger partial charge in [0, 0.05) is 4.88 Å². The van der Waals surface area contributed by atoms with Gasteiger partial charge in [-0.15, -0.1) is 11.3 Å². The maximum absolute atomic E-state index is 5.35. The quantitative estimate of drug-likeness (QED) is 0.912. The minimum absolute atomic E-state index is 0.789. The second-order valence-electron chi connectivity index (χ2n) is 4.30. The first-order valence-electron chi connectivity index (χ1n) is 5.91. The fraction of sp³-hybridized carbons (Fsp3) is 0.357. The zero-order valence-electron chi connectivity index (χ0n) is 11.2. The van der Waals surface area contributed by atoms with Crippen LogP contribution < -0.4 is 10.1 Å². The molecule has 0 fully saturated rings. The molecule has 0 amide bonds. The molecular weight excluding hydrogens is 244 g/mol. The molecule has 4 heteroatoms. The summed E-state index contributed by atoms with van der Waals surface area (Å²) in [6, 6.07) is 6.14. The first-order valence-corrected chi connectivity index (χ1v) is 6.73. The Hall–Kier alpha value is -1.55. The van der Waals surface area contributed by atoms with Crippen LogP contribution in [0, 0.1) is 20.8 Å². The number of nitrogens with zero attached hydrogens (tertiary/aromatic N) is 1. The van der Waals surface area contributed by atoms with Crippen molar-refractivity contribution in [3.8, 4) is 5.75 Å². The van der Waals surface area contributed by atoms with Crippen molar-refractivity contribution in [1.29, 1.82) is 0 Å². The van der Waals surface area contributed by atoms with Gasteiger partial charge in [-0.2, -0.15) is 0 Å². The predicted octanol–water partition coefficient (Wildman–Crippen LogP) is 3.69. The van der Waals surface area contributed by atoms with E-state index in [1.165, 1.54) is 10.4 Å². The third-order valence-corrected chi connectivity index (χ3v) is 3.87. The van der Waals surface area contributed by atoms with Crippen molar-refractivity contribution >= 4 is 17.0 Å². The van der Waals surface area contributed by atoms with Crippen molar-refractivity contribution in [3.05, 3.63) is 39.3 Å². The summed E-state index contributed by atoms with van der Waals surface area (Å²) in [6.45, 7) is 6.95. The molecule has 96 valence electrons. The number of aromatic nitrogens is 1. The molecule has 2 aromatic rings. The summed E-state index contributed by atoms with van der Waals surface area (Å²) in [5, 5.41) is 4.53. The Morgan fingerprint density at radius 3 is 2.67 bits per heavy atom. The lowest BCUT2D eigenvalue weighted by atomic mass is 10.2. The first kappa shape index (κ1) is 12.9. The number of nitrogens with one attached hydrogen (secondary N) is 1. The molecule has 1 heterocycles. The number of ether oxygens (including phenoxy) is 1. The van der Waals surface area contributed by atoms with Gasteiger partial charge in [-0.25, -0.2) is 4.98 Å². The van der Waals surface area contributed by atoms with E-state index in [-0.39, 0.29) is 0 Å². The first-order chi connectivity index (χ1) is 8.60. The smallest absolute Gasteiger partial charge is 0.141 e. The molecule has 0 saturated heterocycles. The number of benzene rings is 1. The molecule has 0 aliphatic heterocycles. The normalized spacial score (nSPS) is 10.4. The van der Waals surface area contributed by atoms with Crippen LogP contribution in [0.5, 0.6) is 5.75 Å². The number of hydrogen-bond acceptors (Lipinski definition) is 4. The van der Waals surface area contributed by atoms with Gasteiger partial charge in [0.2, 0.25) is 0 Å². The molecule has 0 unspecified atom stereocenters. The van der Waals surface area contributed by atoms with Crippen molar-refractivity contribution in [2.24, 2.45) is 0 Å². The average Bonchev–Trinajstić information content (AvgIpc) is 2.65. The van der Waals surface area contributed by atoms with Gasteiger partial charge in [-0.3, -0.25) is 0 Å². The standard InChI is InChI=1S/C14H18N2OS/c1-9-5-6-13(17-4)12(7-9)15-8-14-10(2)16-11(3)18-14/h5-7,15H,8H2,1-4H3. The topological polar surface area (TPSA) is 34.1 Å². The van der Waals surface area contributed by atoms with E-state index in [0.29, 0.717) is 0 Å². The highest BCUT2D eigenvalue weighted by Crippen LogP contribution is 2.27. The van der Waals surface area contributed by atoms with Crippen molar-refractivity contribution < 1.29 is 4.74 Å². The Balaban J connectivity index is 2.14. The van der Waals surface area contributed by atoms with Crippen molar-refractivity contribution in [1.82, 2.24) is 4.98 Å². The lowest BCUT2D eigenvalue weighted by Crippen LogP contribution is -2.01. The zero-order valence-corrected chi connectivity index (χ0v) is 12.0. The largest absolute Gasteiger partial charge is 0.495 e. The molecule has 18 heavy (non-hydrogen) atoms. The summed E-state index contributed by atoms with van der Waals surface area (Å²) in [5.74, 6) is 0.875. The third kappa shape index (κ3) is 2.82. The molecule has 0 aliphatic rings. The number of hydrogen-bond donors (Lipinski definition) is 1. The number of rotatable bonds is 4. The molecule has 0 atom stereocenters. The molecule has 1 N–H and O–H groups in total. The summed E-state index contributed by atoms with van der Waals surface area (Å²) in [6.07, 6.45) is 0. The van der Waals surface area contributed by atoms with Gasteiger partial charge in [0.05, 0.1) is 30.0 Å². The molecule has 0 aliphatic carbocycles. The highest BCUT2D eigenvalue weighted by Gasteiger charge is 2.07. The minimum atomic E-state index is 0.789. The highest BCUT2D eigenvalue weighted by atomic mass is 32.1. The molecule has 0 bridgehead atoms. The van der Waals surface area contributed by atoms with Crippen LogP contribution in [-0.4, -0.2) is 12.1 Å². The van der Waals surface area contributed by atoms with Crippen LogP contribution in [0.15, 0.2) is 18.2 Å². The maximum Gasteiger partial charge on any atom is 0.141 e. The van der Waals surface area contributed by atoms with Crippen LogP contribution in [0.25, 0.3) is 0 Å². The summed E-state index contributed by atoms with van der Waals surface area (Å²) in [7, 11) is 1.69. The van der Waals surface area contributed by atoms with E-state index in [2.05, 4.69) is 23.3 Å². The SMILES string of the molecule is COc1ccc(C)cc1NCc1sc(C)nc1C. The summed E-state index contributed by atoms with van der Waals surface area (Å²) >= 11 is 1.74. The zero-order chi connectivity index (χ0) is 13.1. The molecule has 2 rings (SSSR count). The van der Waals surface area contributed by atoms with E-state index in [1.54, 1.807) is 18.4 Å². The van der Waals surface area contributed by atoms with Crippen LogP contribution in [0.1, 0.15) is 21.1 Å². The van der Waals surface area contributed by atoms with Gasteiger partial charge in [0.1, 0.15) is 5.75 Å². The number of aryl methyl sites for hydroxylation is 3. The van der Waals surface area contributed by atoms with Crippen LogP contribution in [0.4, 0.5) is 5.69 Å². The van der Waals surface area contributed by atoms with Crippen LogP contribution in [0.2, 0.25) is 0 Å². The fourth-order valence-corrected chi connectivity index (χ4v) is 2.75. The Kier molecular flexibility index (Phi) is 3.87. The molecule has 3 nitrogen and oxygen atoms in total. The molecular formula is C14H18N2OS. The van der Waals surface area contributed by atoms with Gasteiger partial charge in [-0.1, -0.05) is 6.07 Å². The summed E-state index contributed by atoms with van der Waals surface area (Å²) in [4.78, 5) is 5.70. The molecule has 1 aromatic carbocycles. The van der Waals surface area contributed by atoms with E-state index in [0.717, 1.165) is 28.7 Å². The van der Waals surface area contributed by atoms with Gasteiger partial charge in [0.25, 0.3) is 0 Å². The average molecular weight is 262 g/mol. The Morgan fingerprint density at radius 2 is 2.06 bits per heavy atom. The molecule has 0 spiro atoms. The third-order valence-electron chi connectivity index (χ3n) is 2.79. The lowest BCUT2D eigenvalue weighted by molar-refractivity contribution is 0.416. The van der Waals surface area contributed by atoms with Crippen LogP contribution in [0.3, 0.4) is 0 Å². The predicted molar refractivity (Wildman–Crippen MR) is 76.6 cm³/mol. The van der Waals surface area contributed by atoms with E-state index < -0.39 is 0 Å². The lowest BCUT2D eigenvalue weighted by Gasteiger charge is -2.11. The highest BCUT2D eigenvalue weighted by molar-refractivity contribution is 7.11. The van der Waals surface area contributed by atoms with E-state index >= 15 is 0 Å². The monoisotopic (exact) mass is 262 g/mol. The Morgan fingerprint density at radius 1 is 1.28 bits per heavy atom. The van der Waals surface area contributed by atoms with E-state index in [1.807, 2.05) is 26.0 Å². The molecule has 1 aromatic heterocycles. The van der Waals surface area contributed by atoms with E-state index in [4.69, 9.17) is 4.74 Å². The minimum Gasteiger partial charge on any atom is -0.495 e. The van der Waals surface area contributed by atoms with Crippen LogP contribution in [-0.2, 0) is 6.54 Å².